The van der Waals surface area contributed by atoms with Crippen LogP contribution in [-0.2, 0) is 16.6 Å². The third-order valence-corrected chi connectivity index (χ3v) is 6.37. The van der Waals surface area contributed by atoms with E-state index in [1.165, 1.54) is 0 Å². The van der Waals surface area contributed by atoms with Crippen LogP contribution in [0.25, 0.3) is 10.6 Å². The van der Waals surface area contributed by atoms with Gasteiger partial charge in [-0.3, -0.25) is 0 Å². The summed E-state index contributed by atoms with van der Waals surface area (Å²) in [5.74, 6) is 1.34. The van der Waals surface area contributed by atoms with E-state index in [2.05, 4.69) is 4.72 Å². The first kappa shape index (κ1) is 17.0. The summed E-state index contributed by atoms with van der Waals surface area (Å²) in [5, 5.41) is 1.97. The first-order chi connectivity index (χ1) is 11.4. The van der Waals surface area contributed by atoms with Crippen LogP contribution in [0.15, 0.2) is 51.1 Å². The SMILES string of the molecule is Cc1cc(C)c(S(=O)(=O)NCc2ccc(-c3cccs3)o2)cc1C. The summed E-state index contributed by atoms with van der Waals surface area (Å²) < 4.78 is 33.5. The van der Waals surface area contributed by atoms with Crippen LogP contribution in [0.2, 0.25) is 0 Å². The Morgan fingerprint density at radius 3 is 2.50 bits per heavy atom. The first-order valence-electron chi connectivity index (χ1n) is 7.57. The fraction of sp³-hybridized carbons (Fsp3) is 0.222. The Morgan fingerprint density at radius 1 is 1.04 bits per heavy atom. The lowest BCUT2D eigenvalue weighted by molar-refractivity contribution is 0.510. The molecule has 3 rings (SSSR count). The van der Waals surface area contributed by atoms with Crippen LogP contribution in [-0.4, -0.2) is 8.42 Å². The van der Waals surface area contributed by atoms with E-state index in [0.717, 1.165) is 27.3 Å². The molecule has 1 N–H and O–H groups in total. The van der Waals surface area contributed by atoms with Gasteiger partial charge in [0, 0.05) is 0 Å². The lowest BCUT2D eigenvalue weighted by Gasteiger charge is -2.11. The Morgan fingerprint density at radius 2 is 1.79 bits per heavy atom. The van der Waals surface area contributed by atoms with E-state index in [-0.39, 0.29) is 6.54 Å². The van der Waals surface area contributed by atoms with Crippen LogP contribution in [0.3, 0.4) is 0 Å². The summed E-state index contributed by atoms with van der Waals surface area (Å²) in [4.78, 5) is 1.34. The second kappa shape index (κ2) is 6.55. The topological polar surface area (TPSA) is 59.3 Å². The summed E-state index contributed by atoms with van der Waals surface area (Å²) in [5.41, 5.74) is 2.78. The van der Waals surface area contributed by atoms with Crippen molar-refractivity contribution in [1.29, 1.82) is 0 Å². The molecule has 0 aliphatic heterocycles. The van der Waals surface area contributed by atoms with Gasteiger partial charge >= 0.3 is 0 Å². The summed E-state index contributed by atoms with van der Waals surface area (Å²) in [7, 11) is -3.58. The molecule has 126 valence electrons. The monoisotopic (exact) mass is 361 g/mol. The molecule has 0 fully saturated rings. The van der Waals surface area contributed by atoms with Gasteiger partial charge in [0.25, 0.3) is 0 Å². The van der Waals surface area contributed by atoms with E-state index in [9.17, 15) is 8.42 Å². The van der Waals surface area contributed by atoms with Gasteiger partial charge in [0.05, 0.1) is 16.3 Å². The number of aryl methyl sites for hydroxylation is 3. The highest BCUT2D eigenvalue weighted by Gasteiger charge is 2.18. The van der Waals surface area contributed by atoms with Crippen molar-refractivity contribution < 1.29 is 12.8 Å². The van der Waals surface area contributed by atoms with Gasteiger partial charge in [-0.2, -0.15) is 0 Å². The number of benzene rings is 1. The van der Waals surface area contributed by atoms with E-state index >= 15 is 0 Å². The van der Waals surface area contributed by atoms with Gasteiger partial charge in [-0.15, -0.1) is 11.3 Å². The standard InChI is InChI=1S/C18H19NO3S2/c1-12-9-14(3)18(10-13(12)2)24(20,21)19-11-15-6-7-16(22-15)17-5-4-8-23-17/h4-10,19H,11H2,1-3H3. The maximum absolute atomic E-state index is 12.6. The molecule has 0 amide bonds. The Kier molecular flexibility index (Phi) is 4.62. The summed E-state index contributed by atoms with van der Waals surface area (Å²) in [6, 6.07) is 11.2. The van der Waals surface area contributed by atoms with Crippen molar-refractivity contribution in [1.82, 2.24) is 4.72 Å². The Balaban J connectivity index is 1.78. The second-order valence-electron chi connectivity index (χ2n) is 5.77. The molecule has 0 aliphatic carbocycles. The predicted molar refractivity (Wildman–Crippen MR) is 96.7 cm³/mol. The van der Waals surface area contributed by atoms with Crippen LogP contribution < -0.4 is 4.72 Å². The molecule has 0 unspecified atom stereocenters. The minimum atomic E-state index is -3.58. The molecule has 0 aliphatic rings. The molecule has 1 aromatic carbocycles. The fourth-order valence-corrected chi connectivity index (χ4v) is 4.48. The molecule has 0 spiro atoms. The zero-order chi connectivity index (χ0) is 17.3. The van der Waals surface area contributed by atoms with Gasteiger partial charge < -0.3 is 4.42 Å². The van der Waals surface area contributed by atoms with Crippen molar-refractivity contribution >= 4 is 21.4 Å². The molecular formula is C18H19NO3S2. The molecule has 6 heteroatoms. The lowest BCUT2D eigenvalue weighted by Crippen LogP contribution is -2.24. The molecule has 0 bridgehead atoms. The van der Waals surface area contributed by atoms with E-state index in [4.69, 9.17) is 4.42 Å². The number of rotatable bonds is 5. The van der Waals surface area contributed by atoms with E-state index in [0.29, 0.717) is 10.7 Å². The molecule has 0 atom stereocenters. The summed E-state index contributed by atoms with van der Waals surface area (Å²) >= 11 is 1.58. The fourth-order valence-electron chi connectivity index (χ4n) is 2.49. The van der Waals surface area contributed by atoms with Crippen molar-refractivity contribution in [2.75, 3.05) is 0 Å². The molecule has 3 aromatic rings. The maximum atomic E-state index is 12.6. The van der Waals surface area contributed by atoms with Gasteiger partial charge in [-0.05, 0) is 67.1 Å². The van der Waals surface area contributed by atoms with Gasteiger partial charge in [-0.25, -0.2) is 13.1 Å². The minimum Gasteiger partial charge on any atom is -0.459 e. The van der Waals surface area contributed by atoms with Gasteiger partial charge in [-0.1, -0.05) is 12.1 Å². The second-order valence-corrected chi connectivity index (χ2v) is 8.45. The van der Waals surface area contributed by atoms with E-state index in [1.807, 2.05) is 50.4 Å². The van der Waals surface area contributed by atoms with Crippen LogP contribution in [0.1, 0.15) is 22.5 Å². The van der Waals surface area contributed by atoms with Crippen LogP contribution in [0.5, 0.6) is 0 Å². The lowest BCUT2D eigenvalue weighted by atomic mass is 10.1. The first-order valence-corrected chi connectivity index (χ1v) is 9.93. The highest BCUT2D eigenvalue weighted by atomic mass is 32.2. The quantitative estimate of drug-likeness (QED) is 0.732. The molecule has 0 saturated carbocycles. The molecule has 0 saturated heterocycles. The van der Waals surface area contributed by atoms with Crippen LogP contribution >= 0.6 is 11.3 Å². The van der Waals surface area contributed by atoms with Crippen LogP contribution in [0, 0.1) is 20.8 Å². The van der Waals surface area contributed by atoms with Crippen molar-refractivity contribution in [2.24, 2.45) is 0 Å². The minimum absolute atomic E-state index is 0.125. The highest BCUT2D eigenvalue weighted by molar-refractivity contribution is 7.89. The van der Waals surface area contributed by atoms with Crippen molar-refractivity contribution in [2.45, 2.75) is 32.2 Å². The third-order valence-electron chi connectivity index (χ3n) is 3.94. The summed E-state index contributed by atoms with van der Waals surface area (Å²) in [6.07, 6.45) is 0. The molecule has 0 radical (unpaired) electrons. The number of hydrogen-bond donors (Lipinski definition) is 1. The van der Waals surface area contributed by atoms with E-state index in [1.54, 1.807) is 23.5 Å². The molecule has 2 aromatic heterocycles. The van der Waals surface area contributed by atoms with Gasteiger partial charge in [0.2, 0.25) is 10.0 Å². The average molecular weight is 361 g/mol. The summed E-state index contributed by atoms with van der Waals surface area (Å²) in [6.45, 7) is 5.82. The van der Waals surface area contributed by atoms with Crippen LogP contribution in [0.4, 0.5) is 0 Å². The molecular weight excluding hydrogens is 342 g/mol. The Bertz CT molecular complexity index is 954. The van der Waals surface area contributed by atoms with Crippen molar-refractivity contribution in [3.05, 3.63) is 64.2 Å². The maximum Gasteiger partial charge on any atom is 0.241 e. The number of nitrogens with one attached hydrogen (secondary N) is 1. The number of sulfonamides is 1. The largest absolute Gasteiger partial charge is 0.459 e. The zero-order valence-electron chi connectivity index (χ0n) is 13.8. The average Bonchev–Trinajstić information content (AvgIpc) is 3.19. The Labute approximate surface area is 146 Å². The molecule has 2 heterocycles. The zero-order valence-corrected chi connectivity index (χ0v) is 15.4. The number of furan rings is 1. The number of hydrogen-bond acceptors (Lipinski definition) is 4. The number of thiophene rings is 1. The highest BCUT2D eigenvalue weighted by Crippen LogP contribution is 2.27. The molecule has 4 nitrogen and oxygen atoms in total. The molecule has 24 heavy (non-hydrogen) atoms. The third kappa shape index (κ3) is 3.45. The van der Waals surface area contributed by atoms with Gasteiger partial charge in [0.15, 0.2) is 0 Å². The van der Waals surface area contributed by atoms with Crippen molar-refractivity contribution in [3.63, 3.8) is 0 Å². The smallest absolute Gasteiger partial charge is 0.241 e. The van der Waals surface area contributed by atoms with Gasteiger partial charge in [0.1, 0.15) is 11.5 Å². The van der Waals surface area contributed by atoms with Crippen molar-refractivity contribution in [3.8, 4) is 10.6 Å². The predicted octanol–water partition coefficient (Wildman–Crippen LogP) is 4.41. The van der Waals surface area contributed by atoms with E-state index < -0.39 is 10.0 Å². The Hall–Kier alpha value is -1.89. The normalized spacial score (nSPS) is 11.8.